The molecule has 0 amide bonds. The van der Waals surface area contributed by atoms with Gasteiger partial charge in [-0.1, -0.05) is 48.6 Å². The van der Waals surface area contributed by atoms with Crippen LogP contribution in [0, 0.1) is 0 Å². The van der Waals surface area contributed by atoms with Crippen molar-refractivity contribution in [3.8, 4) is 11.5 Å². The van der Waals surface area contributed by atoms with Gasteiger partial charge >= 0.3 is 0 Å². The number of rotatable bonds is 6. The van der Waals surface area contributed by atoms with E-state index in [-0.39, 0.29) is 11.0 Å². The molecule has 0 aliphatic heterocycles. The van der Waals surface area contributed by atoms with Crippen LogP contribution in [0.25, 0.3) is 0 Å². The van der Waals surface area contributed by atoms with E-state index in [0.29, 0.717) is 11.5 Å². The molecule has 104 valence electrons. The molecule has 20 heavy (non-hydrogen) atoms. The Labute approximate surface area is 123 Å². The lowest BCUT2D eigenvalue weighted by molar-refractivity contribution is -0.266. The number of nitrogens with zero attached hydrogens (tertiary/aromatic N) is 1. The van der Waals surface area contributed by atoms with Crippen LogP contribution >= 0.6 is 12.2 Å². The van der Waals surface area contributed by atoms with Crippen molar-refractivity contribution in [2.24, 2.45) is 5.73 Å². The van der Waals surface area contributed by atoms with Crippen LogP contribution in [0.1, 0.15) is 6.92 Å². The lowest BCUT2D eigenvalue weighted by atomic mass is 10.3. The fraction of sp³-hybridized carbons (Fsp3) is 0.133. The third-order valence-electron chi connectivity index (χ3n) is 2.61. The number of thiocarbonyl (C=S) groups is 1. The molecule has 0 fully saturated rings. The van der Waals surface area contributed by atoms with Crippen molar-refractivity contribution in [1.82, 2.24) is 5.23 Å². The molecule has 2 aromatic carbocycles. The van der Waals surface area contributed by atoms with E-state index in [0.717, 1.165) is 0 Å². The average Bonchev–Trinajstić information content (AvgIpc) is 2.48. The summed E-state index contributed by atoms with van der Waals surface area (Å²) in [7, 11) is 0. The molecule has 0 saturated carbocycles. The van der Waals surface area contributed by atoms with Crippen molar-refractivity contribution < 1.29 is 9.68 Å². The van der Waals surface area contributed by atoms with Crippen molar-refractivity contribution in [2.75, 3.05) is 0 Å². The monoisotopic (exact) mass is 288 g/mol. The summed E-state index contributed by atoms with van der Waals surface area (Å²) < 4.78 is 0. The molecule has 2 N–H and O–H groups in total. The zero-order valence-electron chi connectivity index (χ0n) is 11.1. The van der Waals surface area contributed by atoms with E-state index in [2.05, 4.69) is 0 Å². The third kappa shape index (κ3) is 3.94. The molecule has 0 aromatic heterocycles. The summed E-state index contributed by atoms with van der Waals surface area (Å²) in [4.78, 5) is 11.7. The Morgan fingerprint density at radius 1 is 0.950 bits per heavy atom. The second-order valence-electron chi connectivity index (χ2n) is 4.17. The largest absolute Gasteiger partial charge is 0.392 e. The van der Waals surface area contributed by atoms with Gasteiger partial charge in [0.1, 0.15) is 6.04 Å². The highest BCUT2D eigenvalue weighted by Gasteiger charge is 2.21. The van der Waals surface area contributed by atoms with Gasteiger partial charge in [-0.05, 0) is 31.2 Å². The lowest BCUT2D eigenvalue weighted by Crippen LogP contribution is -2.45. The fourth-order valence-electron chi connectivity index (χ4n) is 1.45. The van der Waals surface area contributed by atoms with Crippen LogP contribution in [0.5, 0.6) is 11.5 Å². The molecule has 0 radical (unpaired) electrons. The molecule has 0 heterocycles. The molecule has 0 aliphatic carbocycles. The van der Waals surface area contributed by atoms with Crippen molar-refractivity contribution in [2.45, 2.75) is 13.0 Å². The molecule has 0 bridgehead atoms. The highest BCUT2D eigenvalue weighted by Crippen LogP contribution is 2.17. The van der Waals surface area contributed by atoms with Gasteiger partial charge in [0, 0.05) is 5.23 Å². The predicted molar refractivity (Wildman–Crippen MR) is 82.2 cm³/mol. The molecule has 0 unspecified atom stereocenters. The van der Waals surface area contributed by atoms with E-state index in [9.17, 15) is 0 Å². The minimum Gasteiger partial charge on any atom is -0.392 e. The molecule has 0 saturated heterocycles. The quantitative estimate of drug-likeness (QED) is 0.654. The van der Waals surface area contributed by atoms with Crippen LogP contribution < -0.4 is 15.4 Å². The second kappa shape index (κ2) is 6.88. The predicted octanol–water partition coefficient (Wildman–Crippen LogP) is 2.95. The molecule has 2 rings (SSSR count). The molecule has 0 aliphatic rings. The first-order chi connectivity index (χ1) is 9.66. The molecular formula is C15H16N2O2S. The van der Waals surface area contributed by atoms with Crippen LogP contribution in [0.4, 0.5) is 0 Å². The number of nitrogens with two attached hydrogens (primary N) is 1. The molecule has 5 heteroatoms. The summed E-state index contributed by atoms with van der Waals surface area (Å²) >= 11 is 5.00. The summed E-state index contributed by atoms with van der Waals surface area (Å²) in [6.07, 6.45) is 0. The van der Waals surface area contributed by atoms with Crippen LogP contribution in [0.3, 0.4) is 0 Å². The summed E-state index contributed by atoms with van der Waals surface area (Å²) in [6.45, 7) is 1.81. The first kappa shape index (κ1) is 14.3. The molecule has 2 aromatic rings. The average molecular weight is 288 g/mol. The number of benzene rings is 2. The highest BCUT2D eigenvalue weighted by molar-refractivity contribution is 7.80. The number of hydrogen-bond acceptors (Lipinski definition) is 4. The zero-order valence-corrected chi connectivity index (χ0v) is 11.9. The molecular weight excluding hydrogens is 272 g/mol. The minimum atomic E-state index is -0.370. The maximum atomic E-state index is 5.69. The van der Waals surface area contributed by atoms with E-state index in [4.69, 9.17) is 27.6 Å². The van der Waals surface area contributed by atoms with E-state index in [1.165, 1.54) is 5.23 Å². The van der Waals surface area contributed by atoms with Gasteiger partial charge in [-0.25, -0.2) is 0 Å². The SMILES string of the molecule is C[C@@H](C(N)=S)N(Oc1ccccc1)Oc1ccccc1. The van der Waals surface area contributed by atoms with Crippen molar-refractivity contribution in [3.05, 3.63) is 60.7 Å². The van der Waals surface area contributed by atoms with Crippen molar-refractivity contribution in [3.63, 3.8) is 0 Å². The Morgan fingerprint density at radius 3 is 1.70 bits per heavy atom. The van der Waals surface area contributed by atoms with Crippen molar-refractivity contribution >= 4 is 17.2 Å². The minimum absolute atomic E-state index is 0.289. The van der Waals surface area contributed by atoms with Gasteiger partial charge in [0.25, 0.3) is 0 Å². The Balaban J connectivity index is 2.14. The maximum Gasteiger partial charge on any atom is 0.151 e. The van der Waals surface area contributed by atoms with Crippen LogP contribution in [-0.4, -0.2) is 16.3 Å². The topological polar surface area (TPSA) is 47.7 Å². The van der Waals surface area contributed by atoms with Gasteiger partial charge in [0.05, 0.1) is 4.99 Å². The number of hydroxylamine groups is 2. The summed E-state index contributed by atoms with van der Waals surface area (Å²) in [5.74, 6) is 1.29. The number of hydrogen-bond donors (Lipinski definition) is 1. The van der Waals surface area contributed by atoms with E-state index in [1.54, 1.807) is 0 Å². The summed E-state index contributed by atoms with van der Waals surface area (Å²) in [5.41, 5.74) is 5.67. The maximum absolute atomic E-state index is 5.69. The molecule has 4 nitrogen and oxygen atoms in total. The lowest BCUT2D eigenvalue weighted by Gasteiger charge is -2.26. The first-order valence-electron chi connectivity index (χ1n) is 6.21. The highest BCUT2D eigenvalue weighted by atomic mass is 32.1. The van der Waals surface area contributed by atoms with Crippen LogP contribution in [-0.2, 0) is 0 Å². The summed E-state index contributed by atoms with van der Waals surface area (Å²) in [5, 5.41) is 1.30. The van der Waals surface area contributed by atoms with Crippen molar-refractivity contribution in [1.29, 1.82) is 0 Å². The van der Waals surface area contributed by atoms with E-state index < -0.39 is 0 Å². The van der Waals surface area contributed by atoms with Gasteiger partial charge < -0.3 is 15.4 Å². The second-order valence-corrected chi connectivity index (χ2v) is 4.64. The van der Waals surface area contributed by atoms with E-state index in [1.807, 2.05) is 67.6 Å². The van der Waals surface area contributed by atoms with Crippen LogP contribution in [0.2, 0.25) is 0 Å². The van der Waals surface area contributed by atoms with Gasteiger partial charge in [-0.15, -0.1) is 0 Å². The first-order valence-corrected chi connectivity index (χ1v) is 6.62. The number of para-hydroxylation sites is 2. The fourth-order valence-corrected chi connectivity index (χ4v) is 1.54. The van der Waals surface area contributed by atoms with Gasteiger partial charge in [0.2, 0.25) is 0 Å². The standard InChI is InChI=1S/C15H16N2O2S/c1-12(15(16)20)17(18-13-8-4-2-5-9-13)19-14-10-6-3-7-11-14/h2-12H,1H3,(H2,16,20)/t12-/m0/s1. The zero-order chi connectivity index (χ0) is 14.4. The van der Waals surface area contributed by atoms with Gasteiger partial charge in [-0.2, -0.15) is 0 Å². The van der Waals surface area contributed by atoms with E-state index >= 15 is 0 Å². The molecule has 1 atom stereocenters. The Hall–Kier alpha value is -2.11. The van der Waals surface area contributed by atoms with Crippen LogP contribution in [0.15, 0.2) is 60.7 Å². The summed E-state index contributed by atoms with van der Waals surface area (Å²) in [6, 6.07) is 18.3. The Morgan fingerprint density at radius 2 is 1.35 bits per heavy atom. The van der Waals surface area contributed by atoms with Gasteiger partial charge in [0.15, 0.2) is 11.5 Å². The molecule has 0 spiro atoms. The smallest absolute Gasteiger partial charge is 0.151 e. The third-order valence-corrected chi connectivity index (χ3v) is 2.95. The normalized spacial score (nSPS) is 11.9. The Kier molecular flexibility index (Phi) is 4.92. The van der Waals surface area contributed by atoms with Gasteiger partial charge in [-0.3, -0.25) is 0 Å². The Bertz CT molecular complexity index is 507.